The first kappa shape index (κ1) is 9.92. The molecule has 1 fully saturated rings. The highest BCUT2D eigenvalue weighted by Crippen LogP contribution is 1.95. The van der Waals surface area contributed by atoms with E-state index in [2.05, 4.69) is 17.7 Å². The molecule has 0 aliphatic carbocycles. The first-order valence-electron chi connectivity index (χ1n) is 4.27. The van der Waals surface area contributed by atoms with Crippen LogP contribution in [0, 0.1) is 7.05 Å². The van der Waals surface area contributed by atoms with Crippen molar-refractivity contribution in [1.82, 2.24) is 5.32 Å². The fraction of sp³-hybridized carbons (Fsp3) is 0.875. The molecule has 62 valence electrons. The SMILES string of the molecule is CC.[CH2-][NH2+]C1CCNCC1. The van der Waals surface area contributed by atoms with Gasteiger partial charge < -0.3 is 10.6 Å². The van der Waals surface area contributed by atoms with Crippen LogP contribution in [0.4, 0.5) is 0 Å². The fourth-order valence-electron chi connectivity index (χ4n) is 1.08. The van der Waals surface area contributed by atoms with Crippen LogP contribution in [0.15, 0.2) is 0 Å². The quantitative estimate of drug-likeness (QED) is 0.503. The van der Waals surface area contributed by atoms with Crippen molar-refractivity contribution in [3.05, 3.63) is 7.05 Å². The smallest absolute Gasteiger partial charge is 0.0644 e. The Kier molecular flexibility index (Phi) is 6.98. The van der Waals surface area contributed by atoms with Crippen LogP contribution in [0.3, 0.4) is 0 Å². The molecular formula is C8H20N2. The third-order valence-electron chi connectivity index (χ3n) is 1.72. The second-order valence-electron chi connectivity index (χ2n) is 2.32. The lowest BCUT2D eigenvalue weighted by Gasteiger charge is -2.21. The maximum Gasteiger partial charge on any atom is 0.0644 e. The molecule has 1 saturated heterocycles. The molecule has 0 aromatic rings. The summed E-state index contributed by atoms with van der Waals surface area (Å²) in [6.07, 6.45) is 2.56. The second-order valence-corrected chi connectivity index (χ2v) is 2.32. The van der Waals surface area contributed by atoms with E-state index < -0.39 is 0 Å². The molecule has 0 atom stereocenters. The van der Waals surface area contributed by atoms with Gasteiger partial charge in [-0.05, 0) is 0 Å². The molecule has 1 rings (SSSR count). The Labute approximate surface area is 64.4 Å². The number of nitrogens with two attached hydrogens (primary N) is 1. The van der Waals surface area contributed by atoms with Gasteiger partial charge in [0.25, 0.3) is 0 Å². The lowest BCUT2D eigenvalue weighted by molar-refractivity contribution is -0.636. The Bertz CT molecular complexity index is 58.3. The number of hydrogen-bond donors (Lipinski definition) is 2. The van der Waals surface area contributed by atoms with E-state index in [9.17, 15) is 0 Å². The van der Waals surface area contributed by atoms with Crippen molar-refractivity contribution in [2.24, 2.45) is 0 Å². The van der Waals surface area contributed by atoms with Crippen molar-refractivity contribution in [3.63, 3.8) is 0 Å². The van der Waals surface area contributed by atoms with Crippen LogP contribution >= 0.6 is 0 Å². The van der Waals surface area contributed by atoms with Gasteiger partial charge in [-0.1, -0.05) is 13.8 Å². The highest BCUT2D eigenvalue weighted by atomic mass is 14.9. The molecule has 0 amide bonds. The summed E-state index contributed by atoms with van der Waals surface area (Å²) in [4.78, 5) is 0. The summed E-state index contributed by atoms with van der Waals surface area (Å²) >= 11 is 0. The lowest BCUT2D eigenvalue weighted by atomic mass is 10.1. The van der Waals surface area contributed by atoms with E-state index in [1.54, 1.807) is 0 Å². The van der Waals surface area contributed by atoms with Gasteiger partial charge in [0.1, 0.15) is 0 Å². The molecule has 0 radical (unpaired) electrons. The van der Waals surface area contributed by atoms with Crippen molar-refractivity contribution in [3.8, 4) is 0 Å². The second kappa shape index (κ2) is 7.03. The highest BCUT2D eigenvalue weighted by molar-refractivity contribution is 4.64. The maximum absolute atomic E-state index is 3.76. The number of nitrogens with one attached hydrogen (secondary N) is 1. The first-order chi connectivity index (χ1) is 4.93. The first-order valence-corrected chi connectivity index (χ1v) is 4.27. The van der Waals surface area contributed by atoms with Crippen LogP contribution in [0.25, 0.3) is 0 Å². The average molecular weight is 144 g/mol. The van der Waals surface area contributed by atoms with Gasteiger partial charge in [0, 0.05) is 25.9 Å². The summed E-state index contributed by atoms with van der Waals surface area (Å²) < 4.78 is 0. The Hall–Kier alpha value is -0.0800. The minimum Gasteiger partial charge on any atom is -0.476 e. The van der Waals surface area contributed by atoms with E-state index in [0.29, 0.717) is 0 Å². The van der Waals surface area contributed by atoms with E-state index in [-0.39, 0.29) is 0 Å². The van der Waals surface area contributed by atoms with Crippen molar-refractivity contribution in [2.45, 2.75) is 32.7 Å². The molecule has 2 nitrogen and oxygen atoms in total. The minimum absolute atomic E-state index is 0.788. The Morgan fingerprint density at radius 2 is 1.80 bits per heavy atom. The Morgan fingerprint density at radius 3 is 2.10 bits per heavy atom. The molecule has 0 aromatic heterocycles. The third kappa shape index (κ3) is 3.85. The normalized spacial score (nSPS) is 19.5. The third-order valence-corrected chi connectivity index (χ3v) is 1.72. The monoisotopic (exact) mass is 144 g/mol. The lowest BCUT2D eigenvalue weighted by Crippen LogP contribution is -2.84. The van der Waals surface area contributed by atoms with Crippen LogP contribution in [-0.2, 0) is 0 Å². The molecule has 1 heterocycles. The fourth-order valence-corrected chi connectivity index (χ4v) is 1.08. The molecule has 1 aliphatic rings. The molecule has 0 aromatic carbocycles. The van der Waals surface area contributed by atoms with Gasteiger partial charge >= 0.3 is 0 Å². The van der Waals surface area contributed by atoms with Gasteiger partial charge in [-0.2, -0.15) is 7.05 Å². The highest BCUT2D eigenvalue weighted by Gasteiger charge is 2.09. The zero-order chi connectivity index (χ0) is 7.82. The Balaban J connectivity index is 0.000000371. The van der Waals surface area contributed by atoms with Crippen LogP contribution in [0.5, 0.6) is 0 Å². The predicted molar refractivity (Wildman–Crippen MR) is 44.5 cm³/mol. The van der Waals surface area contributed by atoms with Crippen LogP contribution in [0.2, 0.25) is 0 Å². The number of quaternary nitrogens is 1. The van der Waals surface area contributed by atoms with Gasteiger partial charge in [-0.15, -0.1) is 0 Å². The van der Waals surface area contributed by atoms with Crippen molar-refractivity contribution < 1.29 is 5.32 Å². The van der Waals surface area contributed by atoms with Crippen LogP contribution in [-0.4, -0.2) is 19.1 Å². The molecule has 2 heteroatoms. The van der Waals surface area contributed by atoms with E-state index in [0.717, 1.165) is 6.04 Å². The molecule has 0 spiro atoms. The molecular weight excluding hydrogens is 124 g/mol. The summed E-state index contributed by atoms with van der Waals surface area (Å²) in [7, 11) is 3.76. The molecule has 1 aliphatic heterocycles. The Morgan fingerprint density at radius 1 is 1.30 bits per heavy atom. The summed E-state index contributed by atoms with van der Waals surface area (Å²) in [5.41, 5.74) is 0. The molecule has 3 N–H and O–H groups in total. The largest absolute Gasteiger partial charge is 0.476 e. The summed E-state index contributed by atoms with van der Waals surface area (Å²) in [5, 5.41) is 5.37. The van der Waals surface area contributed by atoms with Gasteiger partial charge in [0.05, 0.1) is 6.04 Å². The van der Waals surface area contributed by atoms with E-state index in [4.69, 9.17) is 0 Å². The molecule has 0 saturated carbocycles. The van der Waals surface area contributed by atoms with Crippen LogP contribution < -0.4 is 10.6 Å². The summed E-state index contributed by atoms with van der Waals surface area (Å²) in [6.45, 7) is 6.35. The zero-order valence-corrected chi connectivity index (χ0v) is 7.19. The molecule has 0 bridgehead atoms. The minimum atomic E-state index is 0.788. The van der Waals surface area contributed by atoms with E-state index in [1.165, 1.54) is 25.9 Å². The molecule has 0 unspecified atom stereocenters. The summed E-state index contributed by atoms with van der Waals surface area (Å²) in [6, 6.07) is 0.788. The van der Waals surface area contributed by atoms with Gasteiger partial charge in [-0.3, -0.25) is 0 Å². The van der Waals surface area contributed by atoms with Crippen molar-refractivity contribution in [1.29, 1.82) is 0 Å². The van der Waals surface area contributed by atoms with Gasteiger partial charge in [0.2, 0.25) is 0 Å². The number of piperidine rings is 1. The topological polar surface area (TPSA) is 28.6 Å². The predicted octanol–water partition coefficient (Wildman–Crippen LogP) is 0.120. The maximum atomic E-state index is 3.76. The number of rotatable bonds is 1. The van der Waals surface area contributed by atoms with Gasteiger partial charge in [-0.25, -0.2) is 0 Å². The van der Waals surface area contributed by atoms with Gasteiger partial charge in [0.15, 0.2) is 0 Å². The average Bonchev–Trinajstić information content (AvgIpc) is 2.10. The number of hydrogen-bond acceptors (Lipinski definition) is 1. The van der Waals surface area contributed by atoms with E-state index >= 15 is 0 Å². The van der Waals surface area contributed by atoms with Crippen molar-refractivity contribution in [2.75, 3.05) is 13.1 Å². The van der Waals surface area contributed by atoms with E-state index in [1.807, 2.05) is 13.8 Å². The van der Waals surface area contributed by atoms with Crippen LogP contribution in [0.1, 0.15) is 26.7 Å². The standard InChI is InChI=1S/C6H14N2.C2H6/c1-7-6-2-4-8-5-3-6;1-2/h6,8H,1-5,7H2;1-2H3. The van der Waals surface area contributed by atoms with Crippen molar-refractivity contribution >= 4 is 0 Å². The summed E-state index contributed by atoms with van der Waals surface area (Å²) in [5.74, 6) is 0. The molecule has 10 heavy (non-hydrogen) atoms. The zero-order valence-electron chi connectivity index (χ0n) is 7.19.